The molecule has 1 heterocycles. The minimum Gasteiger partial charge on any atom is -0.338 e. The summed E-state index contributed by atoms with van der Waals surface area (Å²) in [5.41, 5.74) is 3.38. The zero-order chi connectivity index (χ0) is 17.1. The summed E-state index contributed by atoms with van der Waals surface area (Å²) in [6, 6.07) is 18.4. The maximum Gasteiger partial charge on any atom is 0.246 e. The monoisotopic (exact) mass is 320 g/mol. The van der Waals surface area contributed by atoms with E-state index in [1.165, 1.54) is 10.9 Å². The molecule has 0 unspecified atom stereocenters. The highest BCUT2D eigenvalue weighted by Crippen LogP contribution is 2.23. The number of nitrogens with zero attached hydrogens (tertiary/aromatic N) is 2. The van der Waals surface area contributed by atoms with Crippen molar-refractivity contribution < 1.29 is 4.79 Å². The second-order valence-electron chi connectivity index (χ2n) is 6.39. The van der Waals surface area contributed by atoms with Crippen LogP contribution in [0.4, 0.5) is 5.69 Å². The Balaban J connectivity index is 1.85. The smallest absolute Gasteiger partial charge is 0.246 e. The number of likely N-dealkylation sites (N-methyl/N-ethyl adjacent to an activating group) is 1. The Hall–Kier alpha value is -2.55. The Bertz CT molecular complexity index is 833. The zero-order valence-electron chi connectivity index (χ0n) is 14.6. The SMILES string of the molecule is CCN(C(=O)Cn1ccc2cc(C(C)C)ccc21)c1ccccc1. The summed E-state index contributed by atoms with van der Waals surface area (Å²) in [6.45, 7) is 7.42. The summed E-state index contributed by atoms with van der Waals surface area (Å²) in [4.78, 5) is 14.6. The molecule has 3 aromatic rings. The van der Waals surface area contributed by atoms with Crippen LogP contribution < -0.4 is 4.90 Å². The van der Waals surface area contributed by atoms with Crippen LogP contribution in [0.2, 0.25) is 0 Å². The lowest BCUT2D eigenvalue weighted by molar-refractivity contribution is -0.119. The molecule has 0 saturated carbocycles. The van der Waals surface area contributed by atoms with Crippen molar-refractivity contribution >= 4 is 22.5 Å². The Labute approximate surface area is 143 Å². The lowest BCUT2D eigenvalue weighted by atomic mass is 10.0. The number of para-hydroxylation sites is 1. The van der Waals surface area contributed by atoms with Crippen molar-refractivity contribution in [1.29, 1.82) is 0 Å². The minimum atomic E-state index is 0.106. The van der Waals surface area contributed by atoms with Gasteiger partial charge in [-0.05, 0) is 54.1 Å². The summed E-state index contributed by atoms with van der Waals surface area (Å²) in [6.07, 6.45) is 2.01. The minimum absolute atomic E-state index is 0.106. The van der Waals surface area contributed by atoms with Crippen molar-refractivity contribution in [1.82, 2.24) is 4.57 Å². The molecule has 3 heteroatoms. The Morgan fingerprint density at radius 2 is 1.83 bits per heavy atom. The lowest BCUT2D eigenvalue weighted by Crippen LogP contribution is -2.33. The van der Waals surface area contributed by atoms with Gasteiger partial charge in [-0.1, -0.05) is 38.1 Å². The molecule has 0 N–H and O–H groups in total. The maximum atomic E-state index is 12.8. The number of rotatable bonds is 5. The molecule has 0 radical (unpaired) electrons. The van der Waals surface area contributed by atoms with Gasteiger partial charge in [0.1, 0.15) is 6.54 Å². The van der Waals surface area contributed by atoms with Crippen LogP contribution in [0.15, 0.2) is 60.8 Å². The first kappa shape index (κ1) is 16.3. The van der Waals surface area contributed by atoms with E-state index in [1.807, 2.05) is 52.9 Å². The largest absolute Gasteiger partial charge is 0.338 e. The number of carbonyl (C=O) groups is 1. The van der Waals surface area contributed by atoms with Gasteiger partial charge >= 0.3 is 0 Å². The molecule has 1 amide bonds. The van der Waals surface area contributed by atoms with Crippen LogP contribution in [0, 0.1) is 0 Å². The fourth-order valence-electron chi connectivity index (χ4n) is 3.06. The van der Waals surface area contributed by atoms with Crippen molar-refractivity contribution in [2.45, 2.75) is 33.2 Å². The summed E-state index contributed by atoms with van der Waals surface area (Å²) in [7, 11) is 0. The summed E-state index contributed by atoms with van der Waals surface area (Å²) >= 11 is 0. The highest BCUT2D eigenvalue weighted by Gasteiger charge is 2.15. The third-order valence-corrected chi connectivity index (χ3v) is 4.45. The molecule has 0 aliphatic rings. The molecule has 0 atom stereocenters. The predicted molar refractivity (Wildman–Crippen MR) is 100 cm³/mol. The molecule has 3 rings (SSSR count). The van der Waals surface area contributed by atoms with E-state index in [0.29, 0.717) is 19.0 Å². The molecular formula is C21H24N2O. The van der Waals surface area contributed by atoms with Crippen LogP contribution in [-0.2, 0) is 11.3 Å². The van der Waals surface area contributed by atoms with Crippen LogP contribution in [0.1, 0.15) is 32.3 Å². The van der Waals surface area contributed by atoms with Crippen LogP contribution in [0.25, 0.3) is 10.9 Å². The zero-order valence-corrected chi connectivity index (χ0v) is 14.6. The van der Waals surface area contributed by atoms with Crippen molar-refractivity contribution in [2.24, 2.45) is 0 Å². The third kappa shape index (κ3) is 3.21. The molecule has 1 aromatic heterocycles. The van der Waals surface area contributed by atoms with Gasteiger partial charge in [-0.2, -0.15) is 0 Å². The van der Waals surface area contributed by atoms with Crippen LogP contribution >= 0.6 is 0 Å². The van der Waals surface area contributed by atoms with Crippen LogP contribution in [0.5, 0.6) is 0 Å². The normalized spacial score (nSPS) is 11.2. The van der Waals surface area contributed by atoms with E-state index >= 15 is 0 Å². The molecule has 0 fully saturated rings. The van der Waals surface area contributed by atoms with Gasteiger partial charge in [0.15, 0.2) is 0 Å². The van der Waals surface area contributed by atoms with Crippen molar-refractivity contribution in [3.05, 3.63) is 66.4 Å². The molecule has 3 nitrogen and oxygen atoms in total. The molecular weight excluding hydrogens is 296 g/mol. The number of amides is 1. The number of anilines is 1. The number of hydrogen-bond acceptors (Lipinski definition) is 1. The second kappa shape index (κ2) is 6.91. The predicted octanol–water partition coefficient (Wildman–Crippen LogP) is 4.82. The van der Waals surface area contributed by atoms with Gasteiger partial charge in [-0.3, -0.25) is 4.79 Å². The van der Waals surface area contributed by atoms with E-state index in [0.717, 1.165) is 11.2 Å². The first-order valence-corrected chi connectivity index (χ1v) is 8.54. The second-order valence-corrected chi connectivity index (χ2v) is 6.39. The van der Waals surface area contributed by atoms with Crippen molar-refractivity contribution in [2.75, 3.05) is 11.4 Å². The average molecular weight is 320 g/mol. The molecule has 2 aromatic carbocycles. The van der Waals surface area contributed by atoms with E-state index in [4.69, 9.17) is 0 Å². The van der Waals surface area contributed by atoms with E-state index in [9.17, 15) is 4.79 Å². The van der Waals surface area contributed by atoms with Gasteiger partial charge in [-0.25, -0.2) is 0 Å². The first-order valence-electron chi connectivity index (χ1n) is 8.54. The Kier molecular flexibility index (Phi) is 4.70. The standard InChI is InChI=1S/C21H24N2O/c1-4-23(19-8-6-5-7-9-19)21(24)15-22-13-12-18-14-17(16(2)3)10-11-20(18)22/h5-14,16H,4,15H2,1-3H3. The third-order valence-electron chi connectivity index (χ3n) is 4.45. The fourth-order valence-corrected chi connectivity index (χ4v) is 3.06. The lowest BCUT2D eigenvalue weighted by Gasteiger charge is -2.21. The molecule has 0 aliphatic heterocycles. The summed E-state index contributed by atoms with van der Waals surface area (Å²) < 4.78 is 2.04. The van der Waals surface area contributed by atoms with Crippen LogP contribution in [0.3, 0.4) is 0 Å². The average Bonchev–Trinajstić information content (AvgIpc) is 2.98. The van der Waals surface area contributed by atoms with E-state index in [2.05, 4.69) is 38.1 Å². The topological polar surface area (TPSA) is 25.2 Å². The van der Waals surface area contributed by atoms with E-state index < -0.39 is 0 Å². The Morgan fingerprint density at radius 1 is 1.08 bits per heavy atom. The maximum absolute atomic E-state index is 12.8. The molecule has 0 spiro atoms. The van der Waals surface area contributed by atoms with Crippen molar-refractivity contribution in [3.63, 3.8) is 0 Å². The van der Waals surface area contributed by atoms with Gasteiger partial charge in [0.2, 0.25) is 5.91 Å². The van der Waals surface area contributed by atoms with Gasteiger partial charge in [-0.15, -0.1) is 0 Å². The first-order chi connectivity index (χ1) is 11.6. The van der Waals surface area contributed by atoms with Crippen molar-refractivity contribution in [3.8, 4) is 0 Å². The number of fused-ring (bicyclic) bond motifs is 1. The van der Waals surface area contributed by atoms with Gasteiger partial charge in [0.25, 0.3) is 0 Å². The van der Waals surface area contributed by atoms with E-state index in [-0.39, 0.29) is 5.91 Å². The number of aromatic nitrogens is 1. The Morgan fingerprint density at radius 3 is 2.50 bits per heavy atom. The van der Waals surface area contributed by atoms with Gasteiger partial charge in [0, 0.05) is 23.9 Å². The number of hydrogen-bond donors (Lipinski definition) is 0. The number of benzene rings is 2. The van der Waals surface area contributed by atoms with Crippen LogP contribution in [-0.4, -0.2) is 17.0 Å². The molecule has 24 heavy (non-hydrogen) atoms. The highest BCUT2D eigenvalue weighted by molar-refractivity contribution is 5.94. The number of carbonyl (C=O) groups excluding carboxylic acids is 1. The highest BCUT2D eigenvalue weighted by atomic mass is 16.2. The molecule has 0 aliphatic carbocycles. The summed E-state index contributed by atoms with van der Waals surface area (Å²) in [5.74, 6) is 0.613. The van der Waals surface area contributed by atoms with E-state index in [1.54, 1.807) is 0 Å². The molecule has 124 valence electrons. The molecule has 0 bridgehead atoms. The van der Waals surface area contributed by atoms with Gasteiger partial charge in [0.05, 0.1) is 0 Å². The fraction of sp³-hybridized carbons (Fsp3) is 0.286. The quantitative estimate of drug-likeness (QED) is 0.662. The van der Waals surface area contributed by atoms with Gasteiger partial charge < -0.3 is 9.47 Å². The summed E-state index contributed by atoms with van der Waals surface area (Å²) in [5, 5.41) is 1.19. The molecule has 0 saturated heterocycles.